The third-order valence-corrected chi connectivity index (χ3v) is 3.90. The van der Waals surface area contributed by atoms with Gasteiger partial charge in [-0.3, -0.25) is 4.79 Å². The Balaban J connectivity index is 2.82. The molecule has 0 aliphatic rings. The van der Waals surface area contributed by atoms with Gasteiger partial charge in [-0.1, -0.05) is 27.4 Å². The van der Waals surface area contributed by atoms with Gasteiger partial charge in [-0.25, -0.2) is 0 Å². The molecule has 3 nitrogen and oxygen atoms in total. The molecule has 0 radical (unpaired) electrons. The number of allylic oxidation sites excluding steroid dienone is 3. The SMILES string of the molecule is C=C(/C=C(\C)NC(=O)C(C)(C)Nc1ccc(C(F)(F)F)cc1)C(C)(C)C. The summed E-state index contributed by atoms with van der Waals surface area (Å²) in [4.78, 5) is 12.5. The standard InChI is InChI=1S/C20H27F3N2O/c1-13(18(3,4)5)12-14(2)24-17(26)19(6,7)25-16-10-8-15(9-11-16)20(21,22)23/h8-12,25H,1H2,2-7H3,(H,24,26)/b14-12+. The Morgan fingerprint density at radius 3 is 1.96 bits per heavy atom. The molecule has 0 spiro atoms. The molecule has 1 amide bonds. The highest BCUT2D eigenvalue weighted by Gasteiger charge is 2.31. The van der Waals surface area contributed by atoms with Crippen LogP contribution in [0.1, 0.15) is 47.1 Å². The van der Waals surface area contributed by atoms with Crippen molar-refractivity contribution in [2.45, 2.75) is 53.3 Å². The first-order valence-corrected chi connectivity index (χ1v) is 8.27. The lowest BCUT2D eigenvalue weighted by molar-refractivity contribution is -0.137. The summed E-state index contributed by atoms with van der Waals surface area (Å²) in [5, 5.41) is 5.75. The van der Waals surface area contributed by atoms with E-state index in [0.29, 0.717) is 11.4 Å². The summed E-state index contributed by atoms with van der Waals surface area (Å²) in [6.45, 7) is 15.2. The van der Waals surface area contributed by atoms with Gasteiger partial charge in [0.15, 0.2) is 0 Å². The predicted octanol–water partition coefficient (Wildman–Crippen LogP) is 5.52. The van der Waals surface area contributed by atoms with Gasteiger partial charge in [0.1, 0.15) is 5.54 Å². The van der Waals surface area contributed by atoms with Crippen molar-refractivity contribution in [2.24, 2.45) is 5.41 Å². The van der Waals surface area contributed by atoms with Crippen molar-refractivity contribution in [3.63, 3.8) is 0 Å². The lowest BCUT2D eigenvalue weighted by Crippen LogP contribution is -2.47. The molecule has 0 atom stereocenters. The van der Waals surface area contributed by atoms with Crippen molar-refractivity contribution in [3.05, 3.63) is 53.8 Å². The lowest BCUT2D eigenvalue weighted by atomic mass is 9.87. The number of halogens is 3. The topological polar surface area (TPSA) is 41.1 Å². The molecule has 0 unspecified atom stereocenters. The zero-order valence-corrected chi connectivity index (χ0v) is 16.1. The summed E-state index contributed by atoms with van der Waals surface area (Å²) < 4.78 is 37.9. The van der Waals surface area contributed by atoms with E-state index in [2.05, 4.69) is 17.2 Å². The highest BCUT2D eigenvalue weighted by Crippen LogP contribution is 2.30. The van der Waals surface area contributed by atoms with Crippen LogP contribution in [0, 0.1) is 5.41 Å². The summed E-state index contributed by atoms with van der Waals surface area (Å²) >= 11 is 0. The van der Waals surface area contributed by atoms with Gasteiger partial charge in [-0.05, 0) is 62.1 Å². The van der Waals surface area contributed by atoms with E-state index in [1.165, 1.54) is 12.1 Å². The fourth-order valence-electron chi connectivity index (χ4n) is 2.01. The van der Waals surface area contributed by atoms with Gasteiger partial charge in [-0.2, -0.15) is 13.2 Å². The molecule has 0 bridgehead atoms. The largest absolute Gasteiger partial charge is 0.416 e. The van der Waals surface area contributed by atoms with Crippen molar-refractivity contribution in [3.8, 4) is 0 Å². The zero-order chi connectivity index (χ0) is 20.3. The molecular formula is C20H27F3N2O. The van der Waals surface area contributed by atoms with E-state index in [1.807, 2.05) is 26.8 Å². The second-order valence-corrected chi connectivity index (χ2v) is 7.88. The average Bonchev–Trinajstić information content (AvgIpc) is 2.45. The maximum absolute atomic E-state index is 12.6. The van der Waals surface area contributed by atoms with Gasteiger partial charge >= 0.3 is 6.18 Å². The van der Waals surface area contributed by atoms with Gasteiger partial charge in [0.05, 0.1) is 5.56 Å². The van der Waals surface area contributed by atoms with Crippen LogP contribution in [0.4, 0.5) is 18.9 Å². The summed E-state index contributed by atoms with van der Waals surface area (Å²) in [6.07, 6.45) is -2.57. The zero-order valence-electron chi connectivity index (χ0n) is 16.1. The molecule has 0 saturated heterocycles. The summed E-state index contributed by atoms with van der Waals surface area (Å²) in [5.41, 5.74) is 0.0995. The number of nitrogens with one attached hydrogen (secondary N) is 2. The molecule has 1 aromatic carbocycles. The van der Waals surface area contributed by atoms with Crippen LogP contribution < -0.4 is 10.6 Å². The van der Waals surface area contributed by atoms with Crippen molar-refractivity contribution in [1.82, 2.24) is 5.32 Å². The maximum Gasteiger partial charge on any atom is 0.416 e. The van der Waals surface area contributed by atoms with E-state index in [1.54, 1.807) is 20.8 Å². The molecule has 1 rings (SSSR count). The van der Waals surface area contributed by atoms with Gasteiger partial charge < -0.3 is 10.6 Å². The molecule has 6 heteroatoms. The van der Waals surface area contributed by atoms with Crippen LogP contribution in [-0.4, -0.2) is 11.4 Å². The average molecular weight is 368 g/mol. The van der Waals surface area contributed by atoms with Crippen molar-refractivity contribution >= 4 is 11.6 Å². The number of carbonyl (C=O) groups excluding carboxylic acids is 1. The van der Waals surface area contributed by atoms with Gasteiger partial charge in [0.25, 0.3) is 0 Å². The Bertz CT molecular complexity index is 693. The van der Waals surface area contributed by atoms with Crippen LogP contribution >= 0.6 is 0 Å². The number of benzene rings is 1. The molecule has 0 aliphatic carbocycles. The number of amides is 1. The molecule has 0 aliphatic heterocycles. The highest BCUT2D eigenvalue weighted by molar-refractivity contribution is 5.89. The quantitative estimate of drug-likeness (QED) is 0.672. The van der Waals surface area contributed by atoms with Gasteiger partial charge in [0, 0.05) is 11.4 Å². The van der Waals surface area contributed by atoms with Crippen LogP contribution in [0.3, 0.4) is 0 Å². The number of carbonyl (C=O) groups is 1. The van der Waals surface area contributed by atoms with Crippen LogP contribution in [0.5, 0.6) is 0 Å². The molecule has 26 heavy (non-hydrogen) atoms. The molecule has 2 N–H and O–H groups in total. The first-order valence-electron chi connectivity index (χ1n) is 8.27. The predicted molar refractivity (Wildman–Crippen MR) is 99.6 cm³/mol. The highest BCUT2D eigenvalue weighted by atomic mass is 19.4. The maximum atomic E-state index is 12.6. The first-order chi connectivity index (χ1) is 11.6. The second kappa shape index (κ2) is 7.56. The Morgan fingerprint density at radius 2 is 1.54 bits per heavy atom. The fourth-order valence-corrected chi connectivity index (χ4v) is 2.01. The minimum absolute atomic E-state index is 0.111. The van der Waals surface area contributed by atoms with Crippen molar-refractivity contribution in [1.29, 1.82) is 0 Å². The Hall–Kier alpha value is -2.24. The molecule has 0 saturated carbocycles. The Morgan fingerprint density at radius 1 is 1.04 bits per heavy atom. The molecular weight excluding hydrogens is 341 g/mol. The smallest absolute Gasteiger partial charge is 0.372 e. The number of hydrogen-bond donors (Lipinski definition) is 2. The second-order valence-electron chi connectivity index (χ2n) is 7.88. The third-order valence-electron chi connectivity index (χ3n) is 3.90. The molecule has 0 aromatic heterocycles. The monoisotopic (exact) mass is 368 g/mol. The van der Waals surface area contributed by atoms with Crippen LogP contribution in [0.25, 0.3) is 0 Å². The fraction of sp³-hybridized carbons (Fsp3) is 0.450. The Kier molecular flexibility index (Phi) is 6.34. The van der Waals surface area contributed by atoms with E-state index in [0.717, 1.165) is 17.7 Å². The number of anilines is 1. The third kappa shape index (κ3) is 6.24. The van der Waals surface area contributed by atoms with Gasteiger partial charge in [-0.15, -0.1) is 0 Å². The van der Waals surface area contributed by atoms with E-state index in [9.17, 15) is 18.0 Å². The van der Waals surface area contributed by atoms with Crippen molar-refractivity contribution in [2.75, 3.05) is 5.32 Å². The lowest BCUT2D eigenvalue weighted by Gasteiger charge is -2.27. The van der Waals surface area contributed by atoms with Crippen molar-refractivity contribution < 1.29 is 18.0 Å². The number of rotatable bonds is 5. The number of hydrogen-bond acceptors (Lipinski definition) is 2. The minimum atomic E-state index is -4.39. The summed E-state index contributed by atoms with van der Waals surface area (Å²) in [5.74, 6) is -0.298. The Labute approximate surface area is 153 Å². The van der Waals surface area contributed by atoms with Gasteiger partial charge in [0.2, 0.25) is 5.91 Å². The van der Waals surface area contributed by atoms with Crippen LogP contribution in [0.2, 0.25) is 0 Å². The summed E-state index contributed by atoms with van der Waals surface area (Å²) in [7, 11) is 0. The first kappa shape index (κ1) is 21.8. The summed E-state index contributed by atoms with van der Waals surface area (Å²) in [6, 6.07) is 4.58. The van der Waals surface area contributed by atoms with E-state index < -0.39 is 17.3 Å². The molecule has 144 valence electrons. The van der Waals surface area contributed by atoms with E-state index in [-0.39, 0.29) is 11.3 Å². The minimum Gasteiger partial charge on any atom is -0.372 e. The van der Waals surface area contributed by atoms with Crippen LogP contribution in [0.15, 0.2) is 48.2 Å². The molecule has 0 fully saturated rings. The molecule has 0 heterocycles. The normalized spacial score (nSPS) is 13.3. The number of alkyl halides is 3. The van der Waals surface area contributed by atoms with Crippen LogP contribution in [-0.2, 0) is 11.0 Å². The van der Waals surface area contributed by atoms with E-state index >= 15 is 0 Å². The van der Waals surface area contributed by atoms with E-state index in [4.69, 9.17) is 0 Å². The molecule has 1 aromatic rings.